The largest absolute Gasteiger partial charge is 0.485 e. The number of nitrogens with zero attached hydrogens (tertiary/aromatic N) is 1. The van der Waals surface area contributed by atoms with Crippen LogP contribution < -0.4 is 10.1 Å². The molecule has 2 N–H and O–H groups in total. The monoisotopic (exact) mass is 368 g/mol. The lowest BCUT2D eigenvalue weighted by Gasteiger charge is -2.23. The van der Waals surface area contributed by atoms with Crippen LogP contribution in [0.4, 0.5) is 19.3 Å². The van der Waals surface area contributed by atoms with Gasteiger partial charge in [0.2, 0.25) is 0 Å². The molecule has 2 atom stereocenters. The SMILES string of the molecule is CC(C)Oc1c(F)cc(NC(=O)N2C[C@@H]3CCC[C@@]3(C(=O)O)C2)cc1F. The minimum Gasteiger partial charge on any atom is -0.485 e. The second kappa shape index (κ2) is 6.74. The van der Waals surface area contributed by atoms with Gasteiger partial charge < -0.3 is 20.1 Å². The molecule has 0 spiro atoms. The fourth-order valence-electron chi connectivity index (χ4n) is 3.98. The normalized spacial score (nSPS) is 24.7. The average molecular weight is 368 g/mol. The van der Waals surface area contributed by atoms with Crippen LogP contribution in [0.2, 0.25) is 0 Å². The van der Waals surface area contributed by atoms with Gasteiger partial charge in [0.15, 0.2) is 17.4 Å². The Morgan fingerprint density at radius 2 is 2.00 bits per heavy atom. The number of ether oxygens (including phenoxy) is 1. The Balaban J connectivity index is 1.72. The van der Waals surface area contributed by atoms with Gasteiger partial charge in [0, 0.05) is 30.9 Å². The van der Waals surface area contributed by atoms with E-state index < -0.39 is 40.9 Å². The number of rotatable bonds is 4. The van der Waals surface area contributed by atoms with Gasteiger partial charge in [-0.15, -0.1) is 0 Å². The zero-order valence-corrected chi connectivity index (χ0v) is 14.7. The van der Waals surface area contributed by atoms with Gasteiger partial charge in [-0.3, -0.25) is 4.79 Å². The molecule has 1 aromatic rings. The van der Waals surface area contributed by atoms with E-state index in [-0.39, 0.29) is 18.2 Å². The van der Waals surface area contributed by atoms with Crippen molar-refractivity contribution in [3.63, 3.8) is 0 Å². The number of hydrogen-bond acceptors (Lipinski definition) is 3. The summed E-state index contributed by atoms with van der Waals surface area (Å²) in [6.07, 6.45) is 1.75. The molecule has 1 aromatic carbocycles. The predicted molar refractivity (Wildman–Crippen MR) is 90.1 cm³/mol. The number of fused-ring (bicyclic) bond motifs is 1. The number of aliphatic carboxylic acids is 1. The number of halogens is 2. The van der Waals surface area contributed by atoms with Crippen LogP contribution in [0.3, 0.4) is 0 Å². The van der Waals surface area contributed by atoms with Crippen molar-refractivity contribution in [3.8, 4) is 5.75 Å². The van der Waals surface area contributed by atoms with Gasteiger partial charge in [0.25, 0.3) is 0 Å². The minimum absolute atomic E-state index is 0.0393. The van der Waals surface area contributed by atoms with Crippen molar-refractivity contribution in [1.29, 1.82) is 0 Å². The lowest BCUT2D eigenvalue weighted by Crippen LogP contribution is -2.38. The molecule has 0 aromatic heterocycles. The molecule has 8 heteroatoms. The highest BCUT2D eigenvalue weighted by Gasteiger charge is 2.55. The second-order valence-corrected chi connectivity index (χ2v) is 7.30. The molecule has 3 rings (SSSR count). The molecular formula is C18H22F2N2O4. The van der Waals surface area contributed by atoms with E-state index in [1.165, 1.54) is 4.90 Å². The van der Waals surface area contributed by atoms with Gasteiger partial charge in [-0.25, -0.2) is 13.6 Å². The zero-order valence-electron chi connectivity index (χ0n) is 14.7. The van der Waals surface area contributed by atoms with E-state index in [9.17, 15) is 23.5 Å². The smallest absolute Gasteiger partial charge is 0.321 e. The number of hydrogen-bond donors (Lipinski definition) is 2. The van der Waals surface area contributed by atoms with Crippen LogP contribution >= 0.6 is 0 Å². The molecule has 1 saturated carbocycles. The molecule has 2 fully saturated rings. The maximum Gasteiger partial charge on any atom is 0.321 e. The van der Waals surface area contributed by atoms with Crippen LogP contribution in [-0.4, -0.2) is 41.2 Å². The van der Waals surface area contributed by atoms with E-state index in [0.29, 0.717) is 13.0 Å². The Labute approximate surface area is 150 Å². The first-order valence-electron chi connectivity index (χ1n) is 8.68. The first kappa shape index (κ1) is 18.4. The third-order valence-electron chi connectivity index (χ3n) is 5.19. The van der Waals surface area contributed by atoms with Gasteiger partial charge in [-0.1, -0.05) is 6.42 Å². The Morgan fingerprint density at radius 1 is 1.35 bits per heavy atom. The number of likely N-dealkylation sites (tertiary alicyclic amines) is 1. The summed E-state index contributed by atoms with van der Waals surface area (Å²) in [5.41, 5.74) is -0.939. The van der Waals surface area contributed by atoms with E-state index >= 15 is 0 Å². The first-order chi connectivity index (χ1) is 12.2. The van der Waals surface area contributed by atoms with E-state index in [1.807, 2.05) is 0 Å². The maximum absolute atomic E-state index is 14.0. The molecule has 1 heterocycles. The summed E-state index contributed by atoms with van der Waals surface area (Å²) < 4.78 is 33.2. The average Bonchev–Trinajstić information content (AvgIpc) is 3.08. The van der Waals surface area contributed by atoms with Crippen LogP contribution in [0.25, 0.3) is 0 Å². The molecule has 0 radical (unpaired) electrons. The number of anilines is 1. The standard InChI is InChI=1S/C18H22F2N2O4/c1-10(2)26-15-13(19)6-12(7-14(15)20)21-17(25)22-8-11-4-3-5-18(11,9-22)16(23)24/h6-7,10-11H,3-5,8-9H2,1-2H3,(H,21,25)(H,23,24)/t11-,18+/m0/s1. The van der Waals surface area contributed by atoms with Crippen LogP contribution in [0, 0.1) is 23.0 Å². The molecule has 2 amide bonds. The third kappa shape index (κ3) is 3.20. The summed E-state index contributed by atoms with van der Waals surface area (Å²) in [6.45, 7) is 3.74. The maximum atomic E-state index is 14.0. The fraction of sp³-hybridized carbons (Fsp3) is 0.556. The predicted octanol–water partition coefficient (Wildman–Crippen LogP) is 3.47. The number of carboxylic acid groups (broad SMARTS) is 1. The van der Waals surface area contributed by atoms with Crippen molar-refractivity contribution in [2.24, 2.45) is 11.3 Å². The van der Waals surface area contributed by atoms with Crippen LogP contribution in [0.15, 0.2) is 12.1 Å². The molecule has 26 heavy (non-hydrogen) atoms. The van der Waals surface area contributed by atoms with Gasteiger partial charge in [-0.2, -0.15) is 0 Å². The number of carbonyl (C=O) groups is 2. The fourth-order valence-corrected chi connectivity index (χ4v) is 3.98. The van der Waals surface area contributed by atoms with Gasteiger partial charge in [0.05, 0.1) is 11.5 Å². The molecular weight excluding hydrogens is 346 g/mol. The quantitative estimate of drug-likeness (QED) is 0.853. The van der Waals surface area contributed by atoms with E-state index in [0.717, 1.165) is 25.0 Å². The van der Waals surface area contributed by atoms with Gasteiger partial charge in [-0.05, 0) is 32.6 Å². The minimum atomic E-state index is -0.908. The summed E-state index contributed by atoms with van der Waals surface area (Å²) in [5, 5.41) is 12.0. The number of carboxylic acids is 1. The van der Waals surface area contributed by atoms with Crippen molar-refractivity contribution in [1.82, 2.24) is 4.90 Å². The summed E-state index contributed by atoms with van der Waals surface area (Å²) >= 11 is 0. The first-order valence-corrected chi connectivity index (χ1v) is 8.68. The Hall–Kier alpha value is -2.38. The van der Waals surface area contributed by atoms with E-state index in [1.54, 1.807) is 13.8 Å². The van der Waals surface area contributed by atoms with Crippen molar-refractivity contribution in [2.75, 3.05) is 18.4 Å². The molecule has 2 aliphatic rings. The van der Waals surface area contributed by atoms with Crippen LogP contribution in [0.1, 0.15) is 33.1 Å². The number of urea groups is 1. The Bertz CT molecular complexity index is 717. The highest BCUT2D eigenvalue weighted by molar-refractivity contribution is 5.90. The number of carbonyl (C=O) groups excluding carboxylic acids is 1. The Kier molecular flexibility index (Phi) is 4.77. The molecule has 6 nitrogen and oxygen atoms in total. The molecule has 1 aliphatic heterocycles. The van der Waals surface area contributed by atoms with Gasteiger partial charge in [0.1, 0.15) is 0 Å². The summed E-state index contributed by atoms with van der Waals surface area (Å²) in [6, 6.07) is 1.42. The molecule has 142 valence electrons. The highest BCUT2D eigenvalue weighted by atomic mass is 19.1. The lowest BCUT2D eigenvalue weighted by molar-refractivity contribution is -0.149. The van der Waals surface area contributed by atoms with E-state index in [4.69, 9.17) is 4.74 Å². The molecule has 0 bridgehead atoms. The van der Waals surface area contributed by atoms with Crippen molar-refractivity contribution < 1.29 is 28.2 Å². The van der Waals surface area contributed by atoms with Crippen molar-refractivity contribution in [2.45, 2.75) is 39.2 Å². The van der Waals surface area contributed by atoms with Crippen molar-refractivity contribution >= 4 is 17.7 Å². The molecule has 1 saturated heterocycles. The molecule has 1 aliphatic carbocycles. The topological polar surface area (TPSA) is 78.9 Å². The lowest BCUT2D eigenvalue weighted by atomic mass is 9.81. The number of nitrogens with one attached hydrogen (secondary N) is 1. The zero-order chi connectivity index (χ0) is 19.1. The third-order valence-corrected chi connectivity index (χ3v) is 5.19. The van der Waals surface area contributed by atoms with Crippen LogP contribution in [0.5, 0.6) is 5.75 Å². The van der Waals surface area contributed by atoms with Gasteiger partial charge >= 0.3 is 12.0 Å². The Morgan fingerprint density at radius 3 is 2.54 bits per heavy atom. The summed E-state index contributed by atoms with van der Waals surface area (Å²) in [4.78, 5) is 25.5. The number of benzene rings is 1. The van der Waals surface area contributed by atoms with Crippen molar-refractivity contribution in [3.05, 3.63) is 23.8 Å². The summed E-state index contributed by atoms with van der Waals surface area (Å²) in [7, 11) is 0. The highest BCUT2D eigenvalue weighted by Crippen LogP contribution is 2.49. The summed E-state index contributed by atoms with van der Waals surface area (Å²) in [5.74, 6) is -3.27. The van der Waals surface area contributed by atoms with Crippen LogP contribution in [-0.2, 0) is 4.79 Å². The van der Waals surface area contributed by atoms with E-state index in [2.05, 4.69) is 5.32 Å². The second-order valence-electron chi connectivity index (χ2n) is 7.30. The molecule has 0 unspecified atom stereocenters. The number of amides is 2.